The molecule has 6 nitrogen and oxygen atoms in total. The van der Waals surface area contributed by atoms with E-state index < -0.39 is 0 Å². The number of amides is 3. The monoisotopic (exact) mass is 383 g/mol. The second kappa shape index (κ2) is 6.05. The highest BCUT2D eigenvalue weighted by Gasteiger charge is 2.40. The predicted molar refractivity (Wildman–Crippen MR) is 103 cm³/mol. The van der Waals surface area contributed by atoms with Crippen LogP contribution in [-0.2, 0) is 11.2 Å². The van der Waals surface area contributed by atoms with Crippen LogP contribution in [0.4, 0.5) is 0 Å². The third-order valence-corrected chi connectivity index (χ3v) is 7.37. The number of likely N-dealkylation sites (N-methyl/N-ethyl adjacent to an activating group) is 1. The molecule has 3 amide bonds. The van der Waals surface area contributed by atoms with E-state index in [0.717, 1.165) is 39.8 Å². The van der Waals surface area contributed by atoms with Crippen LogP contribution in [0.5, 0.6) is 0 Å². The fourth-order valence-corrected chi connectivity index (χ4v) is 5.75. The summed E-state index contributed by atoms with van der Waals surface area (Å²) in [4.78, 5) is 42.1. The van der Waals surface area contributed by atoms with Crippen LogP contribution in [0.3, 0.4) is 0 Å². The van der Waals surface area contributed by atoms with Crippen molar-refractivity contribution >= 4 is 39.1 Å². The topological polar surface area (TPSA) is 69.7 Å². The summed E-state index contributed by atoms with van der Waals surface area (Å²) in [6.07, 6.45) is 2.62. The van der Waals surface area contributed by atoms with Crippen LogP contribution in [0.2, 0.25) is 0 Å². The predicted octanol–water partition coefficient (Wildman–Crippen LogP) is 1.88. The quantitative estimate of drug-likeness (QED) is 0.818. The van der Waals surface area contributed by atoms with Crippen LogP contribution in [0, 0.1) is 5.92 Å². The molecular formula is C20H21N3O3S. The number of fused-ring (bicyclic) bond motifs is 7. The van der Waals surface area contributed by atoms with Crippen molar-refractivity contribution in [1.82, 2.24) is 15.1 Å². The van der Waals surface area contributed by atoms with Crippen molar-refractivity contribution in [2.24, 2.45) is 5.92 Å². The molecule has 4 aliphatic heterocycles. The van der Waals surface area contributed by atoms with Gasteiger partial charge < -0.3 is 15.1 Å². The summed E-state index contributed by atoms with van der Waals surface area (Å²) in [5, 5.41) is 3.90. The molecule has 1 aromatic heterocycles. The molecule has 0 saturated carbocycles. The average molecular weight is 383 g/mol. The molecule has 140 valence electrons. The molecule has 1 aromatic carbocycles. The number of nitrogens with zero attached hydrogens (tertiary/aromatic N) is 2. The van der Waals surface area contributed by atoms with Crippen molar-refractivity contribution in [1.29, 1.82) is 0 Å². The molecule has 2 bridgehead atoms. The van der Waals surface area contributed by atoms with E-state index in [0.29, 0.717) is 25.2 Å². The van der Waals surface area contributed by atoms with Crippen LogP contribution in [0.25, 0.3) is 10.1 Å². The van der Waals surface area contributed by atoms with Crippen LogP contribution in [-0.4, -0.2) is 60.2 Å². The van der Waals surface area contributed by atoms with Gasteiger partial charge in [0.1, 0.15) is 0 Å². The Labute approximate surface area is 161 Å². The van der Waals surface area contributed by atoms with E-state index in [1.807, 2.05) is 35.0 Å². The number of hydrogen-bond acceptors (Lipinski definition) is 4. The summed E-state index contributed by atoms with van der Waals surface area (Å²) in [6, 6.07) is 5.84. The van der Waals surface area contributed by atoms with Gasteiger partial charge in [0.05, 0.1) is 10.8 Å². The number of hydrogen-bond donors (Lipinski definition) is 1. The number of benzene rings is 1. The van der Waals surface area contributed by atoms with E-state index in [1.165, 1.54) is 11.3 Å². The lowest BCUT2D eigenvalue weighted by atomic mass is 9.95. The lowest BCUT2D eigenvalue weighted by Crippen LogP contribution is -2.45. The minimum atomic E-state index is -0.0842. The first-order valence-corrected chi connectivity index (χ1v) is 10.2. The summed E-state index contributed by atoms with van der Waals surface area (Å²) in [6.45, 7) is 1.74. The Kier molecular flexibility index (Phi) is 3.75. The fourth-order valence-electron chi connectivity index (χ4n) is 4.60. The lowest BCUT2D eigenvalue weighted by molar-refractivity contribution is -0.138. The van der Waals surface area contributed by atoms with Gasteiger partial charge in [-0.3, -0.25) is 14.4 Å². The van der Waals surface area contributed by atoms with Crippen molar-refractivity contribution in [3.63, 3.8) is 0 Å². The van der Waals surface area contributed by atoms with Gasteiger partial charge in [0.25, 0.3) is 11.8 Å². The van der Waals surface area contributed by atoms with Gasteiger partial charge in [-0.15, -0.1) is 11.3 Å². The van der Waals surface area contributed by atoms with Crippen molar-refractivity contribution in [2.75, 3.05) is 26.7 Å². The maximum Gasteiger partial charge on any atom is 0.261 e. The van der Waals surface area contributed by atoms with Crippen LogP contribution < -0.4 is 5.32 Å². The molecule has 1 N–H and O–H groups in total. The van der Waals surface area contributed by atoms with E-state index in [2.05, 4.69) is 5.32 Å². The zero-order chi connectivity index (χ0) is 18.7. The number of nitrogens with one attached hydrogen (secondary N) is 1. The Morgan fingerprint density at radius 1 is 1.22 bits per heavy atom. The number of carbonyl (C=O) groups excluding carboxylic acids is 3. The first-order chi connectivity index (χ1) is 13.0. The van der Waals surface area contributed by atoms with Gasteiger partial charge in [-0.1, -0.05) is 0 Å². The second-order valence-electron chi connectivity index (χ2n) is 7.71. The maximum atomic E-state index is 13.2. The first kappa shape index (κ1) is 16.7. The zero-order valence-electron chi connectivity index (χ0n) is 15.2. The highest BCUT2D eigenvalue weighted by Crippen LogP contribution is 2.35. The van der Waals surface area contributed by atoms with E-state index in [4.69, 9.17) is 0 Å². The van der Waals surface area contributed by atoms with Crippen molar-refractivity contribution in [3.8, 4) is 0 Å². The SMILES string of the molecule is CN1C(=O)[C@@H]2CC[C@H]1CN(C(=O)c1ccc3sc4c(c3c1)CCNC4=O)C2. The van der Waals surface area contributed by atoms with Crippen LogP contribution >= 0.6 is 11.3 Å². The molecule has 6 rings (SSSR count). The molecule has 0 radical (unpaired) electrons. The number of carbonyl (C=O) groups is 3. The van der Waals surface area contributed by atoms with Crippen molar-refractivity contribution in [2.45, 2.75) is 25.3 Å². The van der Waals surface area contributed by atoms with Crippen LogP contribution in [0.15, 0.2) is 18.2 Å². The molecule has 5 heterocycles. The highest BCUT2D eigenvalue weighted by molar-refractivity contribution is 7.21. The number of thiophene rings is 1. The van der Waals surface area contributed by atoms with Gasteiger partial charge in [-0.25, -0.2) is 0 Å². The summed E-state index contributed by atoms with van der Waals surface area (Å²) in [5.41, 5.74) is 1.70. The standard InChI is InChI=1S/C20H21N3O3S/c1-22-13-4-2-12(19(22)25)9-23(10-13)20(26)11-3-5-16-15(8-11)14-6-7-21-18(24)17(14)27-16/h3,5,8,12-13H,2,4,6-7,9-10H2,1H3,(H,21,24)/t12-,13+/m1/s1. The number of piperidine rings is 1. The van der Waals surface area contributed by atoms with E-state index in [-0.39, 0.29) is 29.7 Å². The van der Waals surface area contributed by atoms with Gasteiger partial charge in [0, 0.05) is 43.0 Å². The summed E-state index contributed by atoms with van der Waals surface area (Å²) >= 11 is 1.49. The maximum absolute atomic E-state index is 13.2. The molecule has 0 spiro atoms. The molecule has 27 heavy (non-hydrogen) atoms. The Balaban J connectivity index is 1.49. The van der Waals surface area contributed by atoms with Gasteiger partial charge in [0.15, 0.2) is 0 Å². The fraction of sp³-hybridized carbons (Fsp3) is 0.450. The lowest BCUT2D eigenvalue weighted by Gasteiger charge is -2.32. The molecule has 4 aliphatic rings. The summed E-state index contributed by atoms with van der Waals surface area (Å²) in [5.74, 6) is 0.0435. The second-order valence-corrected chi connectivity index (χ2v) is 8.77. The smallest absolute Gasteiger partial charge is 0.261 e. The van der Waals surface area contributed by atoms with Gasteiger partial charge in [-0.05, 0) is 48.4 Å². The molecule has 0 unspecified atom stereocenters. The largest absolute Gasteiger partial charge is 0.351 e. The molecule has 3 saturated heterocycles. The average Bonchev–Trinajstić information content (AvgIpc) is 2.84. The van der Waals surface area contributed by atoms with Crippen molar-refractivity contribution < 1.29 is 14.4 Å². The third-order valence-electron chi connectivity index (χ3n) is 6.16. The molecule has 2 atom stereocenters. The Morgan fingerprint density at radius 3 is 2.93 bits per heavy atom. The first-order valence-electron chi connectivity index (χ1n) is 9.42. The molecule has 3 fully saturated rings. The van der Waals surface area contributed by atoms with E-state index in [9.17, 15) is 14.4 Å². The Morgan fingerprint density at radius 2 is 2.07 bits per heavy atom. The number of rotatable bonds is 1. The highest BCUT2D eigenvalue weighted by atomic mass is 32.1. The van der Waals surface area contributed by atoms with Gasteiger partial charge in [-0.2, -0.15) is 0 Å². The minimum Gasteiger partial charge on any atom is -0.351 e. The van der Waals surface area contributed by atoms with Crippen molar-refractivity contribution in [3.05, 3.63) is 34.2 Å². The zero-order valence-corrected chi connectivity index (χ0v) is 16.0. The molecule has 2 aromatic rings. The molecule has 7 heteroatoms. The Hall–Kier alpha value is -2.41. The molecule has 0 aliphatic carbocycles. The summed E-state index contributed by atoms with van der Waals surface area (Å²) in [7, 11) is 1.85. The van der Waals surface area contributed by atoms with Crippen LogP contribution in [0.1, 0.15) is 38.4 Å². The van der Waals surface area contributed by atoms with Gasteiger partial charge >= 0.3 is 0 Å². The summed E-state index contributed by atoms with van der Waals surface area (Å²) < 4.78 is 1.04. The van der Waals surface area contributed by atoms with E-state index in [1.54, 1.807) is 0 Å². The minimum absolute atomic E-state index is 0.0166. The Bertz CT molecular complexity index is 982. The molecular weight excluding hydrogens is 362 g/mol. The normalized spacial score (nSPS) is 24.8. The van der Waals surface area contributed by atoms with E-state index >= 15 is 0 Å². The van der Waals surface area contributed by atoms with Gasteiger partial charge in [0.2, 0.25) is 5.91 Å². The third kappa shape index (κ3) is 2.56.